The maximum Gasteiger partial charge on any atom is 0.326 e. The Balaban J connectivity index is 1.44. The normalized spacial score (nSPS) is 16.2. The standard InChI is InChI=1S/C29H28ClN9O3/c1-37(2)22-9-10-38(16-22)28(41)17-5-3-7-20(11-17)33-25-14-24(32-21-8-4-6-19(30)13-21)35-26-18(15-31-39(25)26)12-23-27(40)36-29(42)34-23/h3-8,11-15,22,32,40H,9-10,16H2,1-2H3,(H2,34,36,42)/b18-12+,33-25?. The SMILES string of the molecule is CN(C)C1CCN(C(=O)c2cccc(N=c3cc(Nc4cccc(Cl)c4)nc4/c(=C/c5[nH]c(=O)[nH]c5O)cnn34)c2)C1. The van der Waals surface area contributed by atoms with Gasteiger partial charge in [-0.15, -0.1) is 0 Å². The topological polar surface area (TPSA) is 147 Å². The van der Waals surface area contributed by atoms with E-state index in [0.717, 1.165) is 12.1 Å². The minimum absolute atomic E-state index is 0.0316. The van der Waals surface area contributed by atoms with Gasteiger partial charge in [-0.05, 0) is 63.0 Å². The Bertz CT molecular complexity index is 1980. The molecule has 1 aliphatic rings. The molecule has 6 rings (SSSR count). The van der Waals surface area contributed by atoms with E-state index in [1.807, 2.05) is 43.3 Å². The van der Waals surface area contributed by atoms with Gasteiger partial charge in [-0.3, -0.25) is 9.78 Å². The highest BCUT2D eigenvalue weighted by molar-refractivity contribution is 6.30. The summed E-state index contributed by atoms with van der Waals surface area (Å²) in [6, 6.07) is 16.5. The van der Waals surface area contributed by atoms with Gasteiger partial charge in [0.1, 0.15) is 11.5 Å². The summed E-state index contributed by atoms with van der Waals surface area (Å²) in [5.74, 6) is 0.134. The molecule has 0 aliphatic carbocycles. The summed E-state index contributed by atoms with van der Waals surface area (Å²) in [5.41, 5.74) is 2.35. The van der Waals surface area contributed by atoms with E-state index < -0.39 is 5.69 Å². The van der Waals surface area contributed by atoms with E-state index >= 15 is 0 Å². The van der Waals surface area contributed by atoms with Gasteiger partial charge < -0.3 is 25.2 Å². The monoisotopic (exact) mass is 585 g/mol. The first-order valence-electron chi connectivity index (χ1n) is 13.3. The Kier molecular flexibility index (Phi) is 7.23. The van der Waals surface area contributed by atoms with Gasteiger partial charge in [-0.1, -0.05) is 23.7 Å². The molecule has 0 bridgehead atoms. The minimum Gasteiger partial charge on any atom is -0.493 e. The number of rotatable bonds is 6. The van der Waals surface area contributed by atoms with E-state index in [0.29, 0.717) is 57.6 Å². The average Bonchev–Trinajstić information content (AvgIpc) is 3.68. The fraction of sp³-hybridized carbons (Fsp3) is 0.207. The number of aromatic nitrogens is 5. The lowest BCUT2D eigenvalue weighted by atomic mass is 10.2. The number of carbonyl (C=O) groups excluding carboxylic acids is 1. The van der Waals surface area contributed by atoms with Gasteiger partial charge in [0.2, 0.25) is 5.88 Å². The van der Waals surface area contributed by atoms with Crippen LogP contribution in [0.1, 0.15) is 22.5 Å². The van der Waals surface area contributed by atoms with Crippen molar-refractivity contribution in [2.75, 3.05) is 32.5 Å². The summed E-state index contributed by atoms with van der Waals surface area (Å²) >= 11 is 6.18. The Labute approximate surface area is 244 Å². The zero-order chi connectivity index (χ0) is 29.4. The number of imidazole rings is 1. The van der Waals surface area contributed by atoms with E-state index in [1.54, 1.807) is 47.1 Å². The van der Waals surface area contributed by atoms with E-state index in [-0.39, 0.29) is 17.5 Å². The maximum absolute atomic E-state index is 13.3. The molecule has 1 aliphatic heterocycles. The first kappa shape index (κ1) is 27.2. The van der Waals surface area contributed by atoms with Crippen molar-refractivity contribution in [3.8, 4) is 5.88 Å². The minimum atomic E-state index is -0.539. The molecule has 1 amide bonds. The van der Waals surface area contributed by atoms with Crippen molar-refractivity contribution in [2.24, 2.45) is 4.99 Å². The third kappa shape index (κ3) is 5.62. The summed E-state index contributed by atoms with van der Waals surface area (Å²) in [4.78, 5) is 43.3. The molecule has 1 fully saturated rings. The van der Waals surface area contributed by atoms with Crippen molar-refractivity contribution < 1.29 is 9.90 Å². The molecule has 0 spiro atoms. The summed E-state index contributed by atoms with van der Waals surface area (Å²) in [5, 5.41) is 18.9. The van der Waals surface area contributed by atoms with Crippen LogP contribution in [0.25, 0.3) is 11.7 Å². The Morgan fingerprint density at radius 2 is 2.02 bits per heavy atom. The highest BCUT2D eigenvalue weighted by Crippen LogP contribution is 2.21. The number of anilines is 2. The van der Waals surface area contributed by atoms with E-state index in [9.17, 15) is 14.7 Å². The van der Waals surface area contributed by atoms with Crippen LogP contribution < -0.4 is 21.7 Å². The van der Waals surface area contributed by atoms with Gasteiger partial charge in [0.15, 0.2) is 11.1 Å². The number of nitrogens with one attached hydrogen (secondary N) is 3. The molecule has 214 valence electrons. The fourth-order valence-corrected chi connectivity index (χ4v) is 5.13. The Morgan fingerprint density at radius 1 is 1.19 bits per heavy atom. The van der Waals surface area contributed by atoms with Gasteiger partial charge in [0, 0.05) is 46.7 Å². The Hall–Kier alpha value is -4.94. The fourth-order valence-electron chi connectivity index (χ4n) is 4.94. The zero-order valence-electron chi connectivity index (χ0n) is 22.9. The summed E-state index contributed by atoms with van der Waals surface area (Å²) in [6.07, 6.45) is 4.06. The van der Waals surface area contributed by atoms with Crippen molar-refractivity contribution in [1.82, 2.24) is 34.4 Å². The van der Waals surface area contributed by atoms with Crippen molar-refractivity contribution in [3.05, 3.63) is 98.3 Å². The molecular formula is C29H28ClN9O3. The second kappa shape index (κ2) is 11.1. The second-order valence-corrected chi connectivity index (χ2v) is 10.7. The number of likely N-dealkylation sites (N-methyl/N-ethyl adjacent to an activating group) is 1. The molecule has 1 atom stereocenters. The molecule has 0 saturated carbocycles. The number of fused-ring (bicyclic) bond motifs is 1. The summed E-state index contributed by atoms with van der Waals surface area (Å²) in [6.45, 7) is 1.40. The van der Waals surface area contributed by atoms with E-state index in [4.69, 9.17) is 21.6 Å². The van der Waals surface area contributed by atoms with Gasteiger partial charge in [-0.2, -0.15) is 9.61 Å². The van der Waals surface area contributed by atoms with Gasteiger partial charge in [0.05, 0.1) is 11.9 Å². The lowest BCUT2D eigenvalue weighted by molar-refractivity contribution is 0.0783. The lowest BCUT2D eigenvalue weighted by Crippen LogP contribution is -2.34. The van der Waals surface area contributed by atoms with Crippen LogP contribution in [0.15, 0.2) is 70.6 Å². The van der Waals surface area contributed by atoms with Gasteiger partial charge in [0.25, 0.3) is 5.91 Å². The first-order valence-corrected chi connectivity index (χ1v) is 13.7. The number of hydrogen-bond acceptors (Lipinski definition) is 8. The van der Waals surface area contributed by atoms with Crippen LogP contribution in [-0.4, -0.2) is 78.6 Å². The number of aromatic hydroxyl groups is 1. The van der Waals surface area contributed by atoms with Crippen LogP contribution in [0.5, 0.6) is 5.88 Å². The predicted molar refractivity (Wildman–Crippen MR) is 159 cm³/mol. The second-order valence-electron chi connectivity index (χ2n) is 10.3. The van der Waals surface area contributed by atoms with Gasteiger partial charge in [-0.25, -0.2) is 14.8 Å². The third-order valence-electron chi connectivity index (χ3n) is 7.13. The number of benzene rings is 2. The number of halogens is 1. The number of nitrogens with zero attached hydrogens (tertiary/aromatic N) is 6. The largest absolute Gasteiger partial charge is 0.493 e. The highest BCUT2D eigenvalue weighted by Gasteiger charge is 2.28. The molecule has 42 heavy (non-hydrogen) atoms. The summed E-state index contributed by atoms with van der Waals surface area (Å²) < 4.78 is 1.55. The molecule has 1 unspecified atom stereocenters. The molecule has 1 saturated heterocycles. The average molecular weight is 586 g/mol. The first-order chi connectivity index (χ1) is 20.2. The number of H-pyrrole nitrogens is 2. The van der Waals surface area contributed by atoms with Crippen LogP contribution in [0.2, 0.25) is 5.02 Å². The van der Waals surface area contributed by atoms with Crippen molar-refractivity contribution in [1.29, 1.82) is 0 Å². The number of carbonyl (C=O) groups is 1. The number of amides is 1. The predicted octanol–water partition coefficient (Wildman–Crippen LogP) is 2.40. The quantitative estimate of drug-likeness (QED) is 0.239. The molecule has 2 aromatic carbocycles. The lowest BCUT2D eigenvalue weighted by Gasteiger charge is -2.20. The van der Waals surface area contributed by atoms with E-state index in [1.165, 1.54) is 0 Å². The van der Waals surface area contributed by atoms with Crippen LogP contribution >= 0.6 is 11.6 Å². The number of hydrogen-bond donors (Lipinski definition) is 4. The molecule has 12 nitrogen and oxygen atoms in total. The van der Waals surface area contributed by atoms with Gasteiger partial charge >= 0.3 is 5.69 Å². The van der Waals surface area contributed by atoms with Crippen molar-refractivity contribution in [3.63, 3.8) is 0 Å². The Morgan fingerprint density at radius 3 is 2.76 bits per heavy atom. The molecule has 5 aromatic rings. The highest BCUT2D eigenvalue weighted by atomic mass is 35.5. The third-order valence-corrected chi connectivity index (χ3v) is 7.37. The van der Waals surface area contributed by atoms with Crippen molar-refractivity contribution >= 4 is 46.4 Å². The molecule has 4 N–H and O–H groups in total. The molecule has 4 heterocycles. The molecule has 3 aromatic heterocycles. The maximum atomic E-state index is 13.3. The van der Waals surface area contributed by atoms with Crippen molar-refractivity contribution in [2.45, 2.75) is 12.5 Å². The van der Waals surface area contributed by atoms with Crippen LogP contribution in [-0.2, 0) is 0 Å². The smallest absolute Gasteiger partial charge is 0.326 e. The molecule has 13 heteroatoms. The summed E-state index contributed by atoms with van der Waals surface area (Å²) in [7, 11) is 4.06. The van der Waals surface area contributed by atoms with Crippen LogP contribution in [0.3, 0.4) is 0 Å². The van der Waals surface area contributed by atoms with Crippen LogP contribution in [0.4, 0.5) is 17.2 Å². The number of aromatic amines is 2. The van der Waals surface area contributed by atoms with Crippen LogP contribution in [0, 0.1) is 0 Å². The molecule has 0 radical (unpaired) electrons. The zero-order valence-corrected chi connectivity index (χ0v) is 23.6. The molecular weight excluding hydrogens is 558 g/mol. The number of likely N-dealkylation sites (tertiary alicyclic amines) is 1. The van der Waals surface area contributed by atoms with E-state index in [2.05, 4.69) is 25.3 Å².